The number of nitrogens with zero attached hydrogens (tertiary/aromatic N) is 1. The van der Waals surface area contributed by atoms with Crippen molar-refractivity contribution in [2.24, 2.45) is 0 Å². The van der Waals surface area contributed by atoms with E-state index in [0.717, 1.165) is 28.0 Å². The minimum atomic E-state index is -0.284. The van der Waals surface area contributed by atoms with Crippen LogP contribution >= 0.6 is 15.9 Å². The molecule has 0 saturated heterocycles. The van der Waals surface area contributed by atoms with Crippen LogP contribution in [0.4, 0.5) is 11.4 Å². The number of aliphatic hydroxyl groups is 1. The van der Waals surface area contributed by atoms with Gasteiger partial charge in [-0.2, -0.15) is 0 Å². The molecule has 0 aliphatic carbocycles. The van der Waals surface area contributed by atoms with Gasteiger partial charge in [0.2, 0.25) is 5.91 Å². The molecule has 6 heteroatoms. The lowest BCUT2D eigenvalue weighted by molar-refractivity contribution is -0.117. The highest BCUT2D eigenvalue weighted by atomic mass is 79.9. The summed E-state index contributed by atoms with van der Waals surface area (Å²) in [6, 6.07) is 3.61. The SMILES string of the molecule is CCNC1C(=O)Nc2cc(N(C)CCO)c(Br)cc21. The maximum atomic E-state index is 11.9. The number of hydrogen-bond donors (Lipinski definition) is 3. The van der Waals surface area contributed by atoms with Gasteiger partial charge in [-0.15, -0.1) is 0 Å². The summed E-state index contributed by atoms with van der Waals surface area (Å²) in [7, 11) is 1.90. The third-order valence-corrected chi connectivity index (χ3v) is 3.84. The molecule has 0 radical (unpaired) electrons. The number of aliphatic hydroxyl groups excluding tert-OH is 1. The molecular formula is C13H18BrN3O2. The summed E-state index contributed by atoms with van der Waals surface area (Å²) >= 11 is 3.53. The number of carbonyl (C=O) groups is 1. The molecule has 19 heavy (non-hydrogen) atoms. The van der Waals surface area contributed by atoms with E-state index in [4.69, 9.17) is 5.11 Å². The zero-order chi connectivity index (χ0) is 14.0. The fourth-order valence-corrected chi connectivity index (χ4v) is 2.90. The monoisotopic (exact) mass is 327 g/mol. The molecule has 1 amide bonds. The maximum absolute atomic E-state index is 11.9. The number of likely N-dealkylation sites (N-methyl/N-ethyl adjacent to an activating group) is 2. The number of hydrogen-bond acceptors (Lipinski definition) is 4. The minimum Gasteiger partial charge on any atom is -0.395 e. The average Bonchev–Trinajstić information content (AvgIpc) is 2.66. The van der Waals surface area contributed by atoms with Crippen molar-refractivity contribution in [1.82, 2.24) is 5.32 Å². The summed E-state index contributed by atoms with van der Waals surface area (Å²) in [5.41, 5.74) is 2.74. The first-order chi connectivity index (χ1) is 9.08. The molecule has 3 N–H and O–H groups in total. The number of benzene rings is 1. The van der Waals surface area contributed by atoms with E-state index in [0.29, 0.717) is 6.54 Å². The molecule has 5 nitrogen and oxygen atoms in total. The van der Waals surface area contributed by atoms with Crippen molar-refractivity contribution in [2.75, 3.05) is 37.0 Å². The molecule has 1 aliphatic heterocycles. The summed E-state index contributed by atoms with van der Waals surface area (Å²) in [6.07, 6.45) is 0. The smallest absolute Gasteiger partial charge is 0.246 e. The standard InChI is InChI=1S/C13H18BrN3O2/c1-3-15-12-8-6-9(14)11(17(2)4-5-18)7-10(8)16-13(12)19/h6-7,12,15,18H,3-5H2,1-2H3,(H,16,19). The minimum absolute atomic E-state index is 0.0225. The van der Waals surface area contributed by atoms with Crippen molar-refractivity contribution in [1.29, 1.82) is 0 Å². The second kappa shape index (κ2) is 5.90. The first-order valence-electron chi connectivity index (χ1n) is 6.28. The normalized spacial score (nSPS) is 17.3. The van der Waals surface area contributed by atoms with Gasteiger partial charge < -0.3 is 20.6 Å². The predicted octanol–water partition coefficient (Wildman–Crippen LogP) is 1.48. The zero-order valence-corrected chi connectivity index (χ0v) is 12.6. The molecule has 1 unspecified atom stereocenters. The Hall–Kier alpha value is -1.11. The van der Waals surface area contributed by atoms with E-state index in [1.54, 1.807) is 0 Å². The number of anilines is 2. The van der Waals surface area contributed by atoms with Gasteiger partial charge in [0.15, 0.2) is 0 Å². The number of fused-ring (bicyclic) bond motifs is 1. The fourth-order valence-electron chi connectivity index (χ4n) is 2.24. The first-order valence-corrected chi connectivity index (χ1v) is 7.07. The Balaban J connectivity index is 2.35. The van der Waals surface area contributed by atoms with Crippen LogP contribution in [0.3, 0.4) is 0 Å². The second-order valence-corrected chi connectivity index (χ2v) is 5.37. The highest BCUT2D eigenvalue weighted by Crippen LogP contribution is 2.38. The van der Waals surface area contributed by atoms with E-state index in [1.807, 2.05) is 31.0 Å². The Bertz CT molecular complexity index is 493. The number of nitrogens with one attached hydrogen (secondary N) is 2. The van der Waals surface area contributed by atoms with E-state index >= 15 is 0 Å². The summed E-state index contributed by atoms with van der Waals surface area (Å²) in [6.45, 7) is 3.35. The second-order valence-electron chi connectivity index (χ2n) is 4.52. The number of rotatable bonds is 5. The number of halogens is 1. The molecule has 0 bridgehead atoms. The predicted molar refractivity (Wildman–Crippen MR) is 79.5 cm³/mol. The van der Waals surface area contributed by atoms with Gasteiger partial charge in [0.25, 0.3) is 0 Å². The third kappa shape index (κ3) is 2.75. The Morgan fingerprint density at radius 3 is 2.89 bits per heavy atom. The van der Waals surface area contributed by atoms with Crippen molar-refractivity contribution in [3.63, 3.8) is 0 Å². The highest BCUT2D eigenvalue weighted by Gasteiger charge is 2.30. The largest absolute Gasteiger partial charge is 0.395 e. The lowest BCUT2D eigenvalue weighted by Crippen LogP contribution is -2.27. The third-order valence-electron chi connectivity index (χ3n) is 3.20. The molecule has 1 aromatic rings. The Kier molecular flexibility index (Phi) is 4.44. The van der Waals surface area contributed by atoms with Gasteiger partial charge in [0, 0.05) is 29.3 Å². The molecule has 104 valence electrons. The maximum Gasteiger partial charge on any atom is 0.246 e. The number of carbonyl (C=O) groups excluding carboxylic acids is 1. The zero-order valence-electron chi connectivity index (χ0n) is 11.0. The molecule has 2 rings (SSSR count). The summed E-state index contributed by atoms with van der Waals surface area (Å²) in [5, 5.41) is 15.1. The van der Waals surface area contributed by atoms with Gasteiger partial charge in [-0.3, -0.25) is 4.79 Å². The van der Waals surface area contributed by atoms with Gasteiger partial charge in [-0.25, -0.2) is 0 Å². The van der Waals surface area contributed by atoms with Crippen LogP contribution in [0.1, 0.15) is 18.5 Å². The van der Waals surface area contributed by atoms with Crippen molar-refractivity contribution in [2.45, 2.75) is 13.0 Å². The van der Waals surface area contributed by atoms with Crippen LogP contribution in [0, 0.1) is 0 Å². The molecule has 0 spiro atoms. The topological polar surface area (TPSA) is 64.6 Å². The van der Waals surface area contributed by atoms with Gasteiger partial charge in [0.05, 0.1) is 12.3 Å². The lowest BCUT2D eigenvalue weighted by atomic mass is 10.1. The van der Waals surface area contributed by atoms with E-state index in [-0.39, 0.29) is 18.6 Å². The molecule has 0 aromatic heterocycles. The molecule has 1 heterocycles. The van der Waals surface area contributed by atoms with Crippen LogP contribution < -0.4 is 15.5 Å². The molecular weight excluding hydrogens is 310 g/mol. The van der Waals surface area contributed by atoms with Crippen LogP contribution in [0.5, 0.6) is 0 Å². The van der Waals surface area contributed by atoms with Crippen molar-refractivity contribution >= 4 is 33.2 Å². The molecule has 0 fully saturated rings. The van der Waals surface area contributed by atoms with E-state index in [1.165, 1.54) is 0 Å². The van der Waals surface area contributed by atoms with Crippen molar-refractivity contribution < 1.29 is 9.90 Å². The fraction of sp³-hybridized carbons (Fsp3) is 0.462. The molecule has 0 saturated carbocycles. The Labute approximate surface area is 121 Å². The van der Waals surface area contributed by atoms with E-state index in [9.17, 15) is 4.79 Å². The van der Waals surface area contributed by atoms with Crippen molar-refractivity contribution in [3.05, 3.63) is 22.2 Å². The molecule has 1 atom stereocenters. The van der Waals surface area contributed by atoms with Crippen LogP contribution in [-0.2, 0) is 4.79 Å². The lowest BCUT2D eigenvalue weighted by Gasteiger charge is -2.21. The molecule has 1 aromatic carbocycles. The average molecular weight is 328 g/mol. The van der Waals surface area contributed by atoms with Crippen molar-refractivity contribution in [3.8, 4) is 0 Å². The van der Waals surface area contributed by atoms with Gasteiger partial charge >= 0.3 is 0 Å². The number of amides is 1. The van der Waals surface area contributed by atoms with Crippen LogP contribution in [0.15, 0.2) is 16.6 Å². The van der Waals surface area contributed by atoms with Gasteiger partial charge in [0.1, 0.15) is 6.04 Å². The Morgan fingerprint density at radius 1 is 1.53 bits per heavy atom. The highest BCUT2D eigenvalue weighted by molar-refractivity contribution is 9.10. The van der Waals surface area contributed by atoms with Crippen LogP contribution in [0.2, 0.25) is 0 Å². The van der Waals surface area contributed by atoms with Gasteiger partial charge in [-0.1, -0.05) is 6.92 Å². The first kappa shape index (κ1) is 14.3. The quantitative estimate of drug-likeness (QED) is 0.766. The van der Waals surface area contributed by atoms with Gasteiger partial charge in [-0.05, 0) is 34.6 Å². The van der Waals surface area contributed by atoms with Crippen LogP contribution in [-0.4, -0.2) is 37.8 Å². The molecule has 1 aliphatic rings. The summed E-state index contributed by atoms with van der Waals surface area (Å²) in [4.78, 5) is 13.8. The summed E-state index contributed by atoms with van der Waals surface area (Å²) < 4.78 is 0.918. The van der Waals surface area contributed by atoms with E-state index in [2.05, 4.69) is 26.6 Å². The van der Waals surface area contributed by atoms with E-state index < -0.39 is 0 Å². The Morgan fingerprint density at radius 2 is 2.26 bits per heavy atom. The summed E-state index contributed by atoms with van der Waals surface area (Å²) in [5.74, 6) is -0.0225. The van der Waals surface area contributed by atoms with Crippen LogP contribution in [0.25, 0.3) is 0 Å².